The van der Waals surface area contributed by atoms with Crippen LogP contribution in [0, 0.1) is 0 Å². The van der Waals surface area contributed by atoms with Crippen molar-refractivity contribution in [2.45, 2.75) is 39.2 Å². The quantitative estimate of drug-likeness (QED) is 0.841. The highest BCUT2D eigenvalue weighted by molar-refractivity contribution is 7.89. The third kappa shape index (κ3) is 3.94. The van der Waals surface area contributed by atoms with Crippen LogP contribution in [0.2, 0.25) is 0 Å². The summed E-state index contributed by atoms with van der Waals surface area (Å²) in [6.07, 6.45) is 3.81. The van der Waals surface area contributed by atoms with Crippen LogP contribution in [0.5, 0.6) is 0 Å². The highest BCUT2D eigenvalue weighted by Gasteiger charge is 2.14. The van der Waals surface area contributed by atoms with Gasteiger partial charge in [-0.2, -0.15) is 0 Å². The summed E-state index contributed by atoms with van der Waals surface area (Å²) in [6.45, 7) is 3.34. The van der Waals surface area contributed by atoms with Gasteiger partial charge < -0.3 is 5.32 Å². The Hall–Kier alpha value is -1.07. The van der Waals surface area contributed by atoms with Gasteiger partial charge in [0.1, 0.15) is 0 Å². The Labute approximate surface area is 115 Å². The number of benzene rings is 1. The standard InChI is InChI=1S/C14H22N2O2S/c1-2-3-10-19(17,18)16-11-13-7-4-6-12-8-5-9-15-14(12)13/h4,6-7,15-16H,2-3,5,8-11H2,1H3. The first-order chi connectivity index (χ1) is 9.12. The lowest BCUT2D eigenvalue weighted by Gasteiger charge is -2.21. The van der Waals surface area contributed by atoms with E-state index in [1.54, 1.807) is 0 Å². The normalized spacial score (nSPS) is 14.8. The molecule has 4 nitrogen and oxygen atoms in total. The fraction of sp³-hybridized carbons (Fsp3) is 0.571. The summed E-state index contributed by atoms with van der Waals surface area (Å²) < 4.78 is 26.3. The highest BCUT2D eigenvalue weighted by atomic mass is 32.2. The number of unbranched alkanes of at least 4 members (excludes halogenated alkanes) is 1. The first-order valence-corrected chi connectivity index (χ1v) is 8.59. The summed E-state index contributed by atoms with van der Waals surface area (Å²) >= 11 is 0. The van der Waals surface area contributed by atoms with Gasteiger partial charge in [-0.05, 0) is 30.4 Å². The Bertz CT molecular complexity index is 526. The maximum absolute atomic E-state index is 11.8. The van der Waals surface area contributed by atoms with E-state index in [4.69, 9.17) is 0 Å². The molecule has 0 saturated heterocycles. The number of sulfonamides is 1. The Morgan fingerprint density at radius 1 is 1.37 bits per heavy atom. The van der Waals surface area contributed by atoms with E-state index in [0.29, 0.717) is 13.0 Å². The molecule has 0 bridgehead atoms. The zero-order chi connectivity index (χ0) is 13.7. The van der Waals surface area contributed by atoms with E-state index in [1.807, 2.05) is 19.1 Å². The molecule has 1 aromatic rings. The molecule has 1 aliphatic heterocycles. The molecule has 0 atom stereocenters. The Morgan fingerprint density at radius 3 is 3.00 bits per heavy atom. The van der Waals surface area contributed by atoms with Crippen LogP contribution in [-0.2, 0) is 23.0 Å². The number of anilines is 1. The van der Waals surface area contributed by atoms with Crippen molar-refractivity contribution >= 4 is 15.7 Å². The van der Waals surface area contributed by atoms with E-state index < -0.39 is 10.0 Å². The van der Waals surface area contributed by atoms with Crippen LogP contribution in [0.4, 0.5) is 5.69 Å². The van der Waals surface area contributed by atoms with Gasteiger partial charge in [0.25, 0.3) is 0 Å². The molecule has 0 unspecified atom stereocenters. The number of aryl methyl sites for hydroxylation is 1. The van der Waals surface area contributed by atoms with Gasteiger partial charge in [0.2, 0.25) is 10.0 Å². The van der Waals surface area contributed by atoms with Crippen LogP contribution in [0.3, 0.4) is 0 Å². The predicted molar refractivity (Wildman–Crippen MR) is 78.8 cm³/mol. The maximum Gasteiger partial charge on any atom is 0.211 e. The fourth-order valence-corrected chi connectivity index (χ4v) is 3.51. The fourth-order valence-electron chi connectivity index (χ4n) is 2.32. The second kappa shape index (κ2) is 6.39. The van der Waals surface area contributed by atoms with Gasteiger partial charge >= 0.3 is 0 Å². The SMILES string of the molecule is CCCCS(=O)(=O)NCc1cccc2c1NCCC2. The molecule has 1 aromatic carbocycles. The summed E-state index contributed by atoms with van der Waals surface area (Å²) in [6, 6.07) is 6.09. The number of para-hydroxylation sites is 1. The van der Waals surface area contributed by atoms with Crippen molar-refractivity contribution in [2.24, 2.45) is 0 Å². The summed E-state index contributed by atoms with van der Waals surface area (Å²) in [5.74, 6) is 0.214. The molecule has 0 saturated carbocycles. The average molecular weight is 282 g/mol. The molecule has 106 valence electrons. The number of hydrogen-bond donors (Lipinski definition) is 2. The second-order valence-corrected chi connectivity index (χ2v) is 6.90. The van der Waals surface area contributed by atoms with Crippen LogP contribution in [-0.4, -0.2) is 20.7 Å². The molecule has 0 aliphatic carbocycles. The number of fused-ring (bicyclic) bond motifs is 1. The van der Waals surface area contributed by atoms with Gasteiger partial charge in [-0.3, -0.25) is 0 Å². The van der Waals surface area contributed by atoms with Crippen LogP contribution in [0.25, 0.3) is 0 Å². The molecule has 0 spiro atoms. The van der Waals surface area contributed by atoms with E-state index in [-0.39, 0.29) is 5.75 Å². The van der Waals surface area contributed by atoms with E-state index in [1.165, 1.54) is 5.56 Å². The minimum atomic E-state index is -3.15. The number of nitrogens with one attached hydrogen (secondary N) is 2. The summed E-state index contributed by atoms with van der Waals surface area (Å²) in [7, 11) is -3.15. The second-order valence-electron chi connectivity index (χ2n) is 4.98. The minimum Gasteiger partial charge on any atom is -0.385 e. The van der Waals surface area contributed by atoms with Crippen molar-refractivity contribution in [1.82, 2.24) is 4.72 Å². The van der Waals surface area contributed by atoms with E-state index in [9.17, 15) is 8.42 Å². The summed E-state index contributed by atoms with van der Waals surface area (Å²) in [5.41, 5.74) is 3.45. The average Bonchev–Trinajstić information content (AvgIpc) is 2.43. The molecule has 2 N–H and O–H groups in total. The maximum atomic E-state index is 11.8. The zero-order valence-corrected chi connectivity index (χ0v) is 12.2. The topological polar surface area (TPSA) is 58.2 Å². The summed E-state index contributed by atoms with van der Waals surface area (Å²) in [4.78, 5) is 0. The van der Waals surface area contributed by atoms with E-state index in [0.717, 1.165) is 37.1 Å². The van der Waals surface area contributed by atoms with E-state index in [2.05, 4.69) is 16.1 Å². The molecular formula is C14H22N2O2S. The Morgan fingerprint density at radius 2 is 2.21 bits per heavy atom. The largest absolute Gasteiger partial charge is 0.385 e. The lowest BCUT2D eigenvalue weighted by Crippen LogP contribution is -2.27. The lowest BCUT2D eigenvalue weighted by molar-refractivity contribution is 0.578. The van der Waals surface area contributed by atoms with Gasteiger partial charge in [-0.25, -0.2) is 13.1 Å². The van der Waals surface area contributed by atoms with Crippen molar-refractivity contribution < 1.29 is 8.42 Å². The van der Waals surface area contributed by atoms with Gasteiger partial charge in [-0.15, -0.1) is 0 Å². The van der Waals surface area contributed by atoms with Crippen molar-refractivity contribution in [3.05, 3.63) is 29.3 Å². The molecular weight excluding hydrogens is 260 g/mol. The molecule has 0 aromatic heterocycles. The first kappa shape index (κ1) is 14.3. The smallest absolute Gasteiger partial charge is 0.211 e. The highest BCUT2D eigenvalue weighted by Crippen LogP contribution is 2.25. The van der Waals surface area contributed by atoms with Crippen molar-refractivity contribution in [2.75, 3.05) is 17.6 Å². The van der Waals surface area contributed by atoms with Gasteiger partial charge in [-0.1, -0.05) is 31.5 Å². The molecule has 19 heavy (non-hydrogen) atoms. The summed E-state index contributed by atoms with van der Waals surface area (Å²) in [5, 5.41) is 3.38. The number of rotatable bonds is 6. The van der Waals surface area contributed by atoms with Crippen LogP contribution < -0.4 is 10.0 Å². The molecule has 1 heterocycles. The van der Waals surface area contributed by atoms with Crippen LogP contribution in [0.1, 0.15) is 37.3 Å². The zero-order valence-electron chi connectivity index (χ0n) is 11.4. The van der Waals surface area contributed by atoms with Gasteiger partial charge in [0, 0.05) is 18.8 Å². The van der Waals surface area contributed by atoms with Crippen molar-refractivity contribution in [1.29, 1.82) is 0 Å². The third-order valence-electron chi connectivity index (χ3n) is 3.41. The van der Waals surface area contributed by atoms with Crippen LogP contribution in [0.15, 0.2) is 18.2 Å². The van der Waals surface area contributed by atoms with E-state index >= 15 is 0 Å². The monoisotopic (exact) mass is 282 g/mol. The van der Waals surface area contributed by atoms with Crippen LogP contribution >= 0.6 is 0 Å². The number of hydrogen-bond acceptors (Lipinski definition) is 3. The predicted octanol–water partition coefficient (Wildman–Crippen LogP) is 2.26. The molecule has 0 amide bonds. The third-order valence-corrected chi connectivity index (χ3v) is 4.82. The van der Waals surface area contributed by atoms with Gasteiger partial charge in [0.15, 0.2) is 0 Å². The molecule has 0 fully saturated rings. The van der Waals surface area contributed by atoms with Gasteiger partial charge in [0.05, 0.1) is 5.75 Å². The molecule has 0 radical (unpaired) electrons. The van der Waals surface area contributed by atoms with Crippen molar-refractivity contribution in [3.8, 4) is 0 Å². The van der Waals surface area contributed by atoms with Crippen molar-refractivity contribution in [3.63, 3.8) is 0 Å². The molecule has 2 rings (SSSR count). The minimum absolute atomic E-state index is 0.214. The Kier molecular flexibility index (Phi) is 4.82. The Balaban J connectivity index is 2.04. The molecule has 1 aliphatic rings. The lowest BCUT2D eigenvalue weighted by atomic mass is 9.99. The molecule has 5 heteroatoms. The first-order valence-electron chi connectivity index (χ1n) is 6.94.